The summed E-state index contributed by atoms with van der Waals surface area (Å²) in [4.78, 5) is 0. The first kappa shape index (κ1) is 13.4. The van der Waals surface area contributed by atoms with Gasteiger partial charge in [0.25, 0.3) is 0 Å². The first-order chi connectivity index (χ1) is 9.65. The first-order valence-electron chi connectivity index (χ1n) is 6.81. The minimum absolute atomic E-state index is 0.228. The minimum atomic E-state index is -0.261. The highest BCUT2D eigenvalue weighted by atomic mass is 35.5. The Bertz CT molecular complexity index is 639. The fourth-order valence-electron chi connectivity index (χ4n) is 2.64. The van der Waals surface area contributed by atoms with Crippen molar-refractivity contribution < 1.29 is 9.13 Å². The van der Waals surface area contributed by atoms with Gasteiger partial charge in [-0.15, -0.1) is 11.6 Å². The number of halogens is 2. The molecule has 0 bridgehead atoms. The Morgan fingerprint density at radius 1 is 1.20 bits per heavy atom. The Morgan fingerprint density at radius 2 is 2.05 bits per heavy atom. The molecule has 104 valence electrons. The molecular weight excluding hydrogens is 275 g/mol. The third-order valence-electron chi connectivity index (χ3n) is 3.73. The van der Waals surface area contributed by atoms with E-state index in [4.69, 9.17) is 16.3 Å². The summed E-state index contributed by atoms with van der Waals surface area (Å²) in [6.45, 7) is 2.67. The van der Waals surface area contributed by atoms with Crippen LogP contribution in [0, 0.1) is 12.7 Å². The normalized spacial score (nSPS) is 15.3. The van der Waals surface area contributed by atoms with Gasteiger partial charge in [0, 0.05) is 0 Å². The summed E-state index contributed by atoms with van der Waals surface area (Å²) in [5.41, 5.74) is 4.06. The van der Waals surface area contributed by atoms with E-state index < -0.39 is 0 Å². The standard InChI is InChI=1S/C17H16ClFO/c1-11-9-14(19)5-6-15(11)17(18)13-4-7-16-12(10-13)3-2-8-20-16/h4-7,9-10,17H,2-3,8H2,1H3. The lowest BCUT2D eigenvalue weighted by Gasteiger charge is -2.20. The molecule has 1 unspecified atom stereocenters. The van der Waals surface area contributed by atoms with Crippen molar-refractivity contribution in [3.63, 3.8) is 0 Å². The molecule has 0 fully saturated rings. The first-order valence-corrected chi connectivity index (χ1v) is 7.24. The Morgan fingerprint density at radius 3 is 2.85 bits per heavy atom. The molecule has 2 aromatic rings. The van der Waals surface area contributed by atoms with E-state index in [-0.39, 0.29) is 11.2 Å². The summed E-state index contributed by atoms with van der Waals surface area (Å²) in [5.74, 6) is 0.730. The third-order valence-corrected chi connectivity index (χ3v) is 4.22. The molecule has 0 spiro atoms. The SMILES string of the molecule is Cc1cc(F)ccc1C(Cl)c1ccc2c(c1)CCCO2. The van der Waals surface area contributed by atoms with E-state index in [1.165, 1.54) is 17.7 Å². The Kier molecular flexibility index (Phi) is 3.66. The Hall–Kier alpha value is -1.54. The molecule has 20 heavy (non-hydrogen) atoms. The predicted octanol–water partition coefficient (Wildman–Crippen LogP) is 4.79. The van der Waals surface area contributed by atoms with E-state index in [0.717, 1.165) is 41.9 Å². The van der Waals surface area contributed by atoms with Crippen LogP contribution in [0.3, 0.4) is 0 Å². The maximum Gasteiger partial charge on any atom is 0.123 e. The van der Waals surface area contributed by atoms with Crippen LogP contribution in [0.15, 0.2) is 36.4 Å². The van der Waals surface area contributed by atoms with Crippen LogP contribution in [0.4, 0.5) is 4.39 Å². The molecular formula is C17H16ClFO. The van der Waals surface area contributed by atoms with Crippen LogP contribution in [0.25, 0.3) is 0 Å². The lowest BCUT2D eigenvalue weighted by atomic mass is 9.96. The summed E-state index contributed by atoms with van der Waals surface area (Å²) in [6, 6.07) is 10.8. The minimum Gasteiger partial charge on any atom is -0.493 e. The molecule has 0 amide bonds. The van der Waals surface area contributed by atoms with E-state index in [2.05, 4.69) is 6.07 Å². The van der Waals surface area contributed by atoms with E-state index in [9.17, 15) is 4.39 Å². The van der Waals surface area contributed by atoms with Crippen molar-refractivity contribution in [2.75, 3.05) is 6.61 Å². The molecule has 1 nitrogen and oxygen atoms in total. The number of alkyl halides is 1. The van der Waals surface area contributed by atoms with Gasteiger partial charge < -0.3 is 4.74 Å². The molecule has 1 heterocycles. The van der Waals surface area contributed by atoms with Gasteiger partial charge in [0.2, 0.25) is 0 Å². The summed E-state index contributed by atoms with van der Waals surface area (Å²) >= 11 is 6.57. The lowest BCUT2D eigenvalue weighted by molar-refractivity contribution is 0.288. The summed E-state index contributed by atoms with van der Waals surface area (Å²) < 4.78 is 18.8. The number of aryl methyl sites for hydroxylation is 2. The molecule has 1 aliphatic rings. The van der Waals surface area contributed by atoms with E-state index in [1.54, 1.807) is 6.07 Å². The van der Waals surface area contributed by atoms with Gasteiger partial charge in [0.1, 0.15) is 11.6 Å². The van der Waals surface area contributed by atoms with Crippen molar-refractivity contribution >= 4 is 11.6 Å². The van der Waals surface area contributed by atoms with Gasteiger partial charge in [-0.1, -0.05) is 18.2 Å². The fourth-order valence-corrected chi connectivity index (χ4v) is 3.02. The highest BCUT2D eigenvalue weighted by molar-refractivity contribution is 6.22. The summed E-state index contributed by atoms with van der Waals surface area (Å²) in [5, 5.41) is -0.261. The largest absolute Gasteiger partial charge is 0.493 e. The van der Waals surface area contributed by atoms with E-state index >= 15 is 0 Å². The van der Waals surface area contributed by atoms with Crippen LogP contribution in [-0.4, -0.2) is 6.61 Å². The van der Waals surface area contributed by atoms with Gasteiger partial charge in [0.05, 0.1) is 12.0 Å². The number of hydrogen-bond acceptors (Lipinski definition) is 1. The molecule has 1 aliphatic heterocycles. The number of rotatable bonds is 2. The lowest BCUT2D eigenvalue weighted by Crippen LogP contribution is -2.09. The number of fused-ring (bicyclic) bond motifs is 1. The molecule has 0 saturated carbocycles. The van der Waals surface area contributed by atoms with Crippen molar-refractivity contribution in [1.82, 2.24) is 0 Å². The molecule has 0 saturated heterocycles. The van der Waals surface area contributed by atoms with E-state index in [0.29, 0.717) is 0 Å². The highest BCUT2D eigenvalue weighted by Crippen LogP contribution is 2.35. The molecule has 3 heteroatoms. The van der Waals surface area contributed by atoms with Crippen molar-refractivity contribution in [3.05, 3.63) is 64.5 Å². The van der Waals surface area contributed by atoms with Crippen molar-refractivity contribution in [1.29, 1.82) is 0 Å². The van der Waals surface area contributed by atoms with Gasteiger partial charge in [0.15, 0.2) is 0 Å². The average molecular weight is 291 g/mol. The maximum absolute atomic E-state index is 13.2. The second-order valence-electron chi connectivity index (χ2n) is 5.18. The predicted molar refractivity (Wildman–Crippen MR) is 79.1 cm³/mol. The van der Waals surface area contributed by atoms with Crippen LogP contribution < -0.4 is 4.74 Å². The second kappa shape index (κ2) is 5.45. The number of ether oxygens (including phenoxy) is 1. The number of benzene rings is 2. The van der Waals surface area contributed by atoms with Crippen molar-refractivity contribution in [3.8, 4) is 5.75 Å². The topological polar surface area (TPSA) is 9.23 Å². The summed E-state index contributed by atoms with van der Waals surface area (Å²) in [7, 11) is 0. The summed E-state index contributed by atoms with van der Waals surface area (Å²) in [6.07, 6.45) is 2.06. The molecule has 0 radical (unpaired) electrons. The molecule has 1 atom stereocenters. The Balaban J connectivity index is 1.95. The molecule has 0 N–H and O–H groups in total. The van der Waals surface area contributed by atoms with Gasteiger partial charge >= 0.3 is 0 Å². The zero-order valence-electron chi connectivity index (χ0n) is 11.3. The second-order valence-corrected chi connectivity index (χ2v) is 5.62. The van der Waals surface area contributed by atoms with Crippen LogP contribution in [0.2, 0.25) is 0 Å². The smallest absolute Gasteiger partial charge is 0.123 e. The fraction of sp³-hybridized carbons (Fsp3) is 0.294. The van der Waals surface area contributed by atoms with Gasteiger partial charge in [-0.3, -0.25) is 0 Å². The van der Waals surface area contributed by atoms with Gasteiger partial charge in [-0.25, -0.2) is 4.39 Å². The maximum atomic E-state index is 13.2. The molecule has 3 rings (SSSR count). The van der Waals surface area contributed by atoms with Crippen LogP contribution >= 0.6 is 11.6 Å². The third kappa shape index (κ3) is 2.53. The van der Waals surface area contributed by atoms with E-state index in [1.807, 2.05) is 19.1 Å². The van der Waals surface area contributed by atoms with Crippen molar-refractivity contribution in [2.45, 2.75) is 25.1 Å². The van der Waals surface area contributed by atoms with Gasteiger partial charge in [-0.2, -0.15) is 0 Å². The van der Waals surface area contributed by atoms with Crippen LogP contribution in [0.1, 0.15) is 34.1 Å². The number of hydrogen-bond donors (Lipinski definition) is 0. The molecule has 2 aromatic carbocycles. The highest BCUT2D eigenvalue weighted by Gasteiger charge is 2.17. The average Bonchev–Trinajstić information content (AvgIpc) is 2.46. The van der Waals surface area contributed by atoms with Crippen LogP contribution in [0.5, 0.6) is 5.75 Å². The monoisotopic (exact) mass is 290 g/mol. The van der Waals surface area contributed by atoms with Crippen molar-refractivity contribution in [2.24, 2.45) is 0 Å². The zero-order chi connectivity index (χ0) is 14.1. The quantitative estimate of drug-likeness (QED) is 0.723. The Labute approximate surface area is 123 Å². The zero-order valence-corrected chi connectivity index (χ0v) is 12.1. The van der Waals surface area contributed by atoms with Crippen LogP contribution in [-0.2, 0) is 6.42 Å². The molecule has 0 aliphatic carbocycles. The van der Waals surface area contributed by atoms with Gasteiger partial charge in [-0.05, 0) is 60.2 Å². The molecule has 0 aromatic heterocycles.